The molecular weight excluding hydrogens is 501 g/mol. The van der Waals surface area contributed by atoms with Crippen molar-refractivity contribution in [3.63, 3.8) is 0 Å². The Morgan fingerprint density at radius 1 is 1.03 bits per heavy atom. The van der Waals surface area contributed by atoms with Crippen molar-refractivity contribution in [1.29, 1.82) is 0 Å². The normalized spacial score (nSPS) is 12.5. The maximum Gasteiger partial charge on any atom is 0.248 e. The summed E-state index contributed by atoms with van der Waals surface area (Å²) in [5.41, 5.74) is 1.92. The van der Waals surface area contributed by atoms with Crippen LogP contribution in [0, 0.1) is 0 Å². The summed E-state index contributed by atoms with van der Waals surface area (Å²) in [6, 6.07) is 11.9. The van der Waals surface area contributed by atoms with Gasteiger partial charge in [-0.15, -0.1) is 0 Å². The smallest absolute Gasteiger partial charge is 0.248 e. The van der Waals surface area contributed by atoms with Crippen LogP contribution in [0.15, 0.2) is 47.3 Å². The van der Waals surface area contributed by atoms with Gasteiger partial charge in [0.25, 0.3) is 0 Å². The lowest BCUT2D eigenvalue weighted by atomic mass is 10.0. The maximum absolute atomic E-state index is 11.5. The van der Waals surface area contributed by atoms with Gasteiger partial charge in [0.1, 0.15) is 12.0 Å². The van der Waals surface area contributed by atoms with E-state index < -0.39 is 6.23 Å². The van der Waals surface area contributed by atoms with Crippen LogP contribution in [0.25, 0.3) is 10.9 Å². The molecule has 0 amide bonds. The van der Waals surface area contributed by atoms with E-state index >= 15 is 0 Å². The quantitative estimate of drug-likeness (QED) is 0.166. The molecule has 2 aromatic carbocycles. The summed E-state index contributed by atoms with van der Waals surface area (Å²) < 4.78 is 5.76. The first-order valence-corrected chi connectivity index (χ1v) is 13.0. The summed E-state index contributed by atoms with van der Waals surface area (Å²) >= 11 is 12.5. The predicted molar refractivity (Wildman–Crippen MR) is 146 cm³/mol. The molecule has 0 saturated heterocycles. The Kier molecular flexibility index (Phi) is 11.5. The van der Waals surface area contributed by atoms with Gasteiger partial charge in [-0.2, -0.15) is 0 Å². The minimum absolute atomic E-state index is 0.0203. The van der Waals surface area contributed by atoms with Gasteiger partial charge in [-0.1, -0.05) is 48.2 Å². The number of hydrogen-bond acceptors (Lipinski definition) is 6. The van der Waals surface area contributed by atoms with Crippen molar-refractivity contribution in [3.8, 4) is 5.75 Å². The average Bonchev–Trinajstić information content (AvgIpc) is 2.84. The highest BCUT2D eigenvalue weighted by Gasteiger charge is 2.11. The largest absolute Gasteiger partial charge is 0.506 e. The number of H-pyrrole nitrogens is 1. The molecular formula is C27H35Cl2N3O4. The third-order valence-electron chi connectivity index (χ3n) is 6.08. The highest BCUT2D eigenvalue weighted by Crippen LogP contribution is 2.26. The molecule has 0 spiro atoms. The number of aromatic nitrogens is 1. The van der Waals surface area contributed by atoms with Gasteiger partial charge in [0.05, 0.1) is 12.1 Å². The minimum atomic E-state index is -0.703. The second-order valence-corrected chi connectivity index (χ2v) is 9.81. The van der Waals surface area contributed by atoms with Crippen LogP contribution in [0.2, 0.25) is 10.0 Å². The zero-order chi connectivity index (χ0) is 25.9. The lowest BCUT2D eigenvalue weighted by Gasteiger charge is -2.18. The summed E-state index contributed by atoms with van der Waals surface area (Å²) in [4.78, 5) is 16.3. The van der Waals surface area contributed by atoms with Gasteiger partial charge < -0.3 is 19.9 Å². The molecule has 7 nitrogen and oxygen atoms in total. The lowest BCUT2D eigenvalue weighted by molar-refractivity contribution is 0.106. The third kappa shape index (κ3) is 8.76. The molecule has 0 bridgehead atoms. The monoisotopic (exact) mass is 535 g/mol. The molecule has 0 aliphatic carbocycles. The molecule has 0 saturated carbocycles. The Hall–Kier alpha value is -2.13. The second kappa shape index (κ2) is 14.6. The van der Waals surface area contributed by atoms with Crippen LogP contribution in [0.1, 0.15) is 36.8 Å². The van der Waals surface area contributed by atoms with Crippen molar-refractivity contribution in [1.82, 2.24) is 15.2 Å². The molecule has 1 heterocycles. The molecule has 1 unspecified atom stereocenters. The molecule has 9 heteroatoms. The number of benzene rings is 2. The van der Waals surface area contributed by atoms with E-state index in [2.05, 4.69) is 15.2 Å². The summed E-state index contributed by atoms with van der Waals surface area (Å²) in [7, 11) is 2.02. The Labute approximate surface area is 222 Å². The van der Waals surface area contributed by atoms with Gasteiger partial charge in [-0.05, 0) is 56.3 Å². The Morgan fingerprint density at radius 2 is 1.78 bits per heavy atom. The number of nitrogens with zero attached hydrogens (tertiary/aromatic N) is 1. The number of nitrogens with one attached hydrogen (secondary N) is 2. The van der Waals surface area contributed by atoms with Crippen molar-refractivity contribution >= 4 is 34.1 Å². The fourth-order valence-electron chi connectivity index (χ4n) is 4.06. The number of aromatic amines is 1. The van der Waals surface area contributed by atoms with Crippen LogP contribution in [-0.4, -0.2) is 59.7 Å². The van der Waals surface area contributed by atoms with E-state index in [1.807, 2.05) is 25.2 Å². The second-order valence-electron chi connectivity index (χ2n) is 8.99. The van der Waals surface area contributed by atoms with Crippen LogP contribution >= 0.6 is 23.2 Å². The molecule has 4 N–H and O–H groups in total. The van der Waals surface area contributed by atoms with Crippen molar-refractivity contribution in [2.75, 3.05) is 33.4 Å². The molecule has 0 aliphatic heterocycles. The SMILES string of the molecule is CN(CCOCCCCCCNC(O)Cc1ccc(O)c2[nH]c(=O)ccc12)Cc1c(Cl)cccc1Cl. The third-order valence-corrected chi connectivity index (χ3v) is 6.79. The van der Waals surface area contributed by atoms with Crippen LogP contribution in [0.3, 0.4) is 0 Å². The number of halogens is 2. The molecule has 36 heavy (non-hydrogen) atoms. The van der Waals surface area contributed by atoms with E-state index in [9.17, 15) is 15.0 Å². The number of aromatic hydroxyl groups is 1. The summed E-state index contributed by atoms with van der Waals surface area (Å²) in [5.74, 6) is 0.0203. The first-order chi connectivity index (χ1) is 17.3. The van der Waals surface area contributed by atoms with Gasteiger partial charge in [-0.25, -0.2) is 0 Å². The zero-order valence-corrected chi connectivity index (χ0v) is 22.1. The van der Waals surface area contributed by atoms with Crippen molar-refractivity contribution in [3.05, 3.63) is 74.0 Å². The number of rotatable bonds is 15. The number of hydrogen-bond donors (Lipinski definition) is 4. The molecule has 196 valence electrons. The Morgan fingerprint density at radius 3 is 2.56 bits per heavy atom. The first-order valence-electron chi connectivity index (χ1n) is 12.3. The van der Waals surface area contributed by atoms with Gasteiger partial charge in [0.2, 0.25) is 5.56 Å². The minimum Gasteiger partial charge on any atom is -0.506 e. The number of phenols is 1. The van der Waals surface area contributed by atoms with Crippen LogP contribution < -0.4 is 10.9 Å². The van der Waals surface area contributed by atoms with Crippen molar-refractivity contribution < 1.29 is 14.9 Å². The lowest BCUT2D eigenvalue weighted by Crippen LogP contribution is -2.31. The molecule has 3 aromatic rings. The van der Waals surface area contributed by atoms with E-state index in [1.165, 1.54) is 12.1 Å². The Bertz CT molecular complexity index is 1150. The van der Waals surface area contributed by atoms with Crippen molar-refractivity contribution in [2.24, 2.45) is 0 Å². The van der Waals surface area contributed by atoms with E-state index in [0.717, 1.165) is 55.3 Å². The summed E-state index contributed by atoms with van der Waals surface area (Å²) in [5, 5.41) is 25.6. The van der Waals surface area contributed by atoms with Crippen LogP contribution in [0.5, 0.6) is 5.75 Å². The maximum atomic E-state index is 11.5. The van der Waals surface area contributed by atoms with E-state index in [4.69, 9.17) is 27.9 Å². The highest BCUT2D eigenvalue weighted by molar-refractivity contribution is 6.35. The molecule has 1 aromatic heterocycles. The standard InChI is InChI=1S/C27H35Cl2N3O4/c1-32(18-21-22(28)7-6-8-23(21)29)14-16-36-15-5-3-2-4-13-30-26(35)17-19-9-11-24(33)27-20(19)10-12-25(34)31-27/h6-12,26,30,33,35H,2-5,13-18H2,1H3,(H,31,34). The summed E-state index contributed by atoms with van der Waals surface area (Å²) in [6.45, 7) is 3.59. The molecule has 0 radical (unpaired) electrons. The fraction of sp³-hybridized carbons (Fsp3) is 0.444. The van der Waals surface area contributed by atoms with Gasteiger partial charge >= 0.3 is 0 Å². The highest BCUT2D eigenvalue weighted by atomic mass is 35.5. The van der Waals surface area contributed by atoms with E-state index in [-0.39, 0.29) is 11.3 Å². The predicted octanol–water partition coefficient (Wildman–Crippen LogP) is 4.70. The molecule has 3 rings (SSSR count). The topological polar surface area (TPSA) is 97.8 Å². The number of aliphatic hydroxyl groups excluding tert-OH is 1. The molecule has 0 aliphatic rings. The van der Waals surface area contributed by atoms with Gasteiger partial charge in [0.15, 0.2) is 0 Å². The van der Waals surface area contributed by atoms with Crippen molar-refractivity contribution in [2.45, 2.75) is 44.9 Å². The zero-order valence-electron chi connectivity index (χ0n) is 20.6. The number of unbranched alkanes of at least 4 members (excludes halogenated alkanes) is 3. The number of likely N-dealkylation sites (N-methyl/N-ethyl adjacent to an activating group) is 1. The number of fused-ring (bicyclic) bond motifs is 1. The first kappa shape index (κ1) is 28.4. The van der Waals surface area contributed by atoms with Gasteiger partial charge in [0, 0.05) is 53.2 Å². The van der Waals surface area contributed by atoms with Gasteiger partial charge in [-0.3, -0.25) is 15.0 Å². The van der Waals surface area contributed by atoms with Crippen LogP contribution in [0.4, 0.5) is 0 Å². The number of pyridine rings is 1. The average molecular weight is 537 g/mol. The molecule has 1 atom stereocenters. The number of phenolic OH excluding ortho intramolecular Hbond substituents is 1. The molecule has 0 fully saturated rings. The number of ether oxygens (including phenoxy) is 1. The van der Waals surface area contributed by atoms with E-state index in [0.29, 0.717) is 41.7 Å². The number of aliphatic hydroxyl groups is 1. The Balaban J connectivity index is 1.23. The van der Waals surface area contributed by atoms with Crippen LogP contribution in [-0.2, 0) is 17.7 Å². The fourth-order valence-corrected chi connectivity index (χ4v) is 4.58. The summed E-state index contributed by atoms with van der Waals surface area (Å²) in [6.07, 6.45) is 3.76. The van der Waals surface area contributed by atoms with E-state index in [1.54, 1.807) is 12.1 Å².